The van der Waals surface area contributed by atoms with Gasteiger partial charge >= 0.3 is 0 Å². The lowest BCUT2D eigenvalue weighted by atomic mass is 10.4. The number of thioether (sulfide) groups is 1. The Bertz CT molecular complexity index is 427. The van der Waals surface area contributed by atoms with Gasteiger partial charge in [0.1, 0.15) is 10.3 Å². The molecule has 0 aliphatic carbocycles. The highest BCUT2D eigenvalue weighted by molar-refractivity contribution is 8.01. The van der Waals surface area contributed by atoms with Gasteiger partial charge in [0.25, 0.3) is 0 Å². The van der Waals surface area contributed by atoms with E-state index in [9.17, 15) is 4.79 Å². The minimum atomic E-state index is -0.494. The Hall–Kier alpha value is -0.990. The molecule has 5 nitrogen and oxygen atoms in total. The van der Waals surface area contributed by atoms with Crippen molar-refractivity contribution in [3.05, 3.63) is 22.1 Å². The summed E-state index contributed by atoms with van der Waals surface area (Å²) in [6.45, 7) is 0. The van der Waals surface area contributed by atoms with Gasteiger partial charge in [0.15, 0.2) is 9.85 Å². The Morgan fingerprint density at radius 1 is 1.67 bits per heavy atom. The average molecular weight is 257 g/mol. The van der Waals surface area contributed by atoms with Crippen molar-refractivity contribution in [1.29, 1.82) is 0 Å². The number of rotatable bonds is 4. The lowest BCUT2D eigenvalue weighted by Gasteiger charge is -2.06. The Morgan fingerprint density at radius 3 is 3.07 bits per heavy atom. The predicted molar refractivity (Wildman–Crippen MR) is 58.7 cm³/mol. The number of carbonyl (C=O) groups is 1. The molecule has 2 aromatic rings. The molecule has 0 fully saturated rings. The molecule has 2 heterocycles. The average Bonchev–Trinajstić information content (AvgIpc) is 2.87. The van der Waals surface area contributed by atoms with Gasteiger partial charge < -0.3 is 5.73 Å². The molecule has 15 heavy (non-hydrogen) atoms. The largest absolute Gasteiger partial charge is 0.368 e. The molecule has 0 aliphatic rings. The molecule has 0 spiro atoms. The van der Waals surface area contributed by atoms with Crippen LogP contribution in [0.3, 0.4) is 0 Å². The van der Waals surface area contributed by atoms with Crippen molar-refractivity contribution in [2.75, 3.05) is 0 Å². The van der Waals surface area contributed by atoms with Crippen molar-refractivity contribution < 1.29 is 4.79 Å². The third-order valence-electron chi connectivity index (χ3n) is 1.46. The van der Waals surface area contributed by atoms with Crippen LogP contribution in [0.25, 0.3) is 0 Å². The lowest BCUT2D eigenvalue weighted by Crippen LogP contribution is -2.18. The van der Waals surface area contributed by atoms with E-state index in [1.807, 2.05) is 0 Å². The molecule has 0 saturated carbocycles. The summed E-state index contributed by atoms with van der Waals surface area (Å²) in [5.74, 6) is -0.426. The summed E-state index contributed by atoms with van der Waals surface area (Å²) >= 11 is 3.89. The fourth-order valence-corrected chi connectivity index (χ4v) is 3.22. The maximum atomic E-state index is 11.2. The van der Waals surface area contributed by atoms with Crippen molar-refractivity contribution in [3.63, 3.8) is 0 Å². The third kappa shape index (κ3) is 2.52. The maximum Gasteiger partial charge on any atom is 0.238 e. The topological polar surface area (TPSA) is 81.8 Å². The molecule has 0 aliphatic heterocycles. The smallest absolute Gasteiger partial charge is 0.238 e. The van der Waals surface area contributed by atoms with E-state index in [4.69, 9.17) is 5.73 Å². The third-order valence-corrected chi connectivity index (χ3v) is 4.39. The first-order chi connectivity index (χ1) is 7.27. The van der Waals surface area contributed by atoms with Gasteiger partial charge in [0.05, 0.1) is 0 Å². The van der Waals surface area contributed by atoms with E-state index in [0.717, 1.165) is 0 Å². The SMILES string of the molecule is NC(=O)C(Sc1nn[c]s1)c1nccs1. The van der Waals surface area contributed by atoms with Crippen LogP contribution in [-0.4, -0.2) is 21.1 Å². The first-order valence-electron chi connectivity index (χ1n) is 3.82. The molecule has 77 valence electrons. The standard InChI is InChI=1S/C7H5N4OS3/c8-5(12)4(6-9-1-2-13-6)15-7-11-10-3-14-7/h1-2,4H,(H2,8,12). The van der Waals surface area contributed by atoms with Crippen LogP contribution >= 0.6 is 34.4 Å². The summed E-state index contributed by atoms with van der Waals surface area (Å²) < 4.78 is 0.661. The number of hydrogen-bond donors (Lipinski definition) is 1. The number of amides is 1. The highest BCUT2D eigenvalue weighted by atomic mass is 32.2. The number of aromatic nitrogens is 3. The molecule has 1 amide bonds. The molecule has 8 heteroatoms. The van der Waals surface area contributed by atoms with Crippen LogP contribution in [0.4, 0.5) is 0 Å². The molecule has 1 radical (unpaired) electrons. The van der Waals surface area contributed by atoms with Crippen molar-refractivity contribution in [2.24, 2.45) is 5.73 Å². The van der Waals surface area contributed by atoms with Crippen LogP contribution in [0.2, 0.25) is 0 Å². The predicted octanol–water partition coefficient (Wildman–Crippen LogP) is 1.11. The summed E-state index contributed by atoms with van der Waals surface area (Å²) in [6.07, 6.45) is 1.64. The van der Waals surface area contributed by atoms with E-state index in [1.165, 1.54) is 34.4 Å². The number of hydrogen-bond acceptors (Lipinski definition) is 7. The zero-order valence-corrected chi connectivity index (χ0v) is 9.73. The second-order valence-electron chi connectivity index (χ2n) is 2.43. The molecular formula is C7H5N4OS3. The fraction of sp³-hybridized carbons (Fsp3) is 0.143. The highest BCUT2D eigenvalue weighted by Gasteiger charge is 2.23. The van der Waals surface area contributed by atoms with Crippen molar-refractivity contribution in [2.45, 2.75) is 9.59 Å². The number of primary amides is 1. The molecule has 2 N–H and O–H groups in total. The summed E-state index contributed by atoms with van der Waals surface area (Å²) in [5.41, 5.74) is 7.91. The molecule has 0 aromatic carbocycles. The van der Waals surface area contributed by atoms with Crippen LogP contribution in [0.15, 0.2) is 15.9 Å². The minimum absolute atomic E-state index is 0.426. The second kappa shape index (κ2) is 4.69. The summed E-state index contributed by atoms with van der Waals surface area (Å²) in [5, 5.41) is 9.36. The summed E-state index contributed by atoms with van der Waals surface area (Å²) in [4.78, 5) is 15.3. The monoisotopic (exact) mass is 257 g/mol. The van der Waals surface area contributed by atoms with Gasteiger partial charge in [-0.15, -0.1) is 21.5 Å². The molecular weight excluding hydrogens is 252 g/mol. The first-order valence-corrected chi connectivity index (χ1v) is 6.40. The van der Waals surface area contributed by atoms with Crippen molar-refractivity contribution in [3.8, 4) is 0 Å². The van der Waals surface area contributed by atoms with E-state index < -0.39 is 11.2 Å². The minimum Gasteiger partial charge on any atom is -0.368 e. The summed E-state index contributed by atoms with van der Waals surface area (Å²) in [7, 11) is 0. The van der Waals surface area contributed by atoms with E-state index in [1.54, 1.807) is 11.6 Å². The van der Waals surface area contributed by atoms with Crippen LogP contribution in [0.1, 0.15) is 10.3 Å². The van der Waals surface area contributed by atoms with Gasteiger partial charge in [-0.05, 0) is 0 Å². The van der Waals surface area contributed by atoms with Crippen molar-refractivity contribution >= 4 is 40.3 Å². The molecule has 2 rings (SSSR count). The Labute approximate surface area is 97.8 Å². The molecule has 0 bridgehead atoms. The zero-order chi connectivity index (χ0) is 10.7. The first kappa shape index (κ1) is 10.5. The van der Waals surface area contributed by atoms with E-state index in [2.05, 4.69) is 20.7 Å². The Morgan fingerprint density at radius 2 is 2.53 bits per heavy atom. The highest BCUT2D eigenvalue weighted by Crippen LogP contribution is 2.36. The maximum absolute atomic E-state index is 11.2. The zero-order valence-electron chi connectivity index (χ0n) is 7.28. The second-order valence-corrected chi connectivity index (χ2v) is 5.48. The lowest BCUT2D eigenvalue weighted by molar-refractivity contribution is -0.117. The number of nitrogens with zero attached hydrogens (tertiary/aromatic N) is 3. The van der Waals surface area contributed by atoms with E-state index in [0.29, 0.717) is 9.35 Å². The van der Waals surface area contributed by atoms with Gasteiger partial charge in [-0.2, -0.15) is 0 Å². The summed E-state index contributed by atoms with van der Waals surface area (Å²) in [6, 6.07) is 0. The van der Waals surface area contributed by atoms with Crippen molar-refractivity contribution in [1.82, 2.24) is 15.2 Å². The van der Waals surface area contributed by atoms with Crippen LogP contribution in [0.5, 0.6) is 0 Å². The number of nitrogens with two attached hydrogens (primary N) is 1. The van der Waals surface area contributed by atoms with Crippen LogP contribution in [-0.2, 0) is 4.79 Å². The molecule has 2 aromatic heterocycles. The van der Waals surface area contributed by atoms with E-state index >= 15 is 0 Å². The number of carbonyl (C=O) groups excluding carboxylic acids is 1. The van der Waals surface area contributed by atoms with Crippen LogP contribution < -0.4 is 5.73 Å². The van der Waals surface area contributed by atoms with E-state index in [-0.39, 0.29) is 0 Å². The van der Waals surface area contributed by atoms with Gasteiger partial charge in [-0.1, -0.05) is 23.1 Å². The van der Waals surface area contributed by atoms with Gasteiger partial charge in [-0.25, -0.2) is 4.98 Å². The Kier molecular flexibility index (Phi) is 3.29. The normalized spacial score (nSPS) is 12.5. The van der Waals surface area contributed by atoms with Crippen LogP contribution in [0, 0.1) is 5.51 Å². The molecule has 1 atom stereocenters. The molecule has 0 saturated heterocycles. The Balaban J connectivity index is 2.18. The number of thiazole rings is 1. The molecule has 1 unspecified atom stereocenters. The van der Waals surface area contributed by atoms with Gasteiger partial charge in [0.2, 0.25) is 5.91 Å². The fourth-order valence-electron chi connectivity index (χ4n) is 0.884. The van der Waals surface area contributed by atoms with Gasteiger partial charge in [-0.3, -0.25) is 4.79 Å². The van der Waals surface area contributed by atoms with Gasteiger partial charge in [0, 0.05) is 11.6 Å². The quantitative estimate of drug-likeness (QED) is 0.830.